The molecular weight excluding hydrogens is 173 g/mol. The van der Waals surface area contributed by atoms with Crippen molar-refractivity contribution < 1.29 is 23.1 Å². The molecule has 0 atom stereocenters. The molecule has 1 N–H and O–H groups in total. The van der Waals surface area contributed by atoms with Crippen molar-refractivity contribution in [3.8, 4) is 0 Å². The first-order valence-corrected chi connectivity index (χ1v) is 3.43. The van der Waals surface area contributed by atoms with Gasteiger partial charge in [-0.2, -0.15) is 13.2 Å². The number of alkyl halides is 3. The number of allylic oxidation sites excluding steroid dienone is 2. The van der Waals surface area contributed by atoms with E-state index in [2.05, 4.69) is 0 Å². The molecule has 2 nitrogen and oxygen atoms in total. The Kier molecular flexibility index (Phi) is 2.12. The highest BCUT2D eigenvalue weighted by molar-refractivity contribution is 5.93. The molecule has 5 heteroatoms. The van der Waals surface area contributed by atoms with Crippen LogP contribution in [0.1, 0.15) is 12.8 Å². The summed E-state index contributed by atoms with van der Waals surface area (Å²) in [5.74, 6) is -2.74. The minimum Gasteiger partial charge on any atom is -0.504 e. The maximum Gasteiger partial charge on any atom is 0.448 e. The van der Waals surface area contributed by atoms with Crippen LogP contribution in [0.5, 0.6) is 0 Å². The van der Waals surface area contributed by atoms with Gasteiger partial charge in [-0.3, -0.25) is 4.79 Å². The van der Waals surface area contributed by atoms with Crippen molar-refractivity contribution in [3.63, 3.8) is 0 Å². The van der Waals surface area contributed by atoms with Crippen LogP contribution in [-0.4, -0.2) is 17.1 Å². The van der Waals surface area contributed by atoms with E-state index in [-0.39, 0.29) is 12.0 Å². The molecule has 0 unspecified atom stereocenters. The lowest BCUT2D eigenvalue weighted by Crippen LogP contribution is -2.13. The highest BCUT2D eigenvalue weighted by atomic mass is 19.4. The van der Waals surface area contributed by atoms with E-state index in [1.807, 2.05) is 0 Å². The van der Waals surface area contributed by atoms with Gasteiger partial charge in [-0.1, -0.05) is 0 Å². The van der Waals surface area contributed by atoms with Gasteiger partial charge in [0.15, 0.2) is 5.78 Å². The summed E-state index contributed by atoms with van der Waals surface area (Å²) in [6.07, 6.45) is -3.29. The molecule has 0 aromatic carbocycles. The average molecular weight is 180 g/mol. The van der Waals surface area contributed by atoms with Crippen molar-refractivity contribution in [2.24, 2.45) is 5.92 Å². The highest BCUT2D eigenvalue weighted by Gasteiger charge is 2.36. The third-order valence-corrected chi connectivity index (χ3v) is 1.55. The molecular formula is C7H7F3O2. The number of halogens is 3. The number of carbonyl (C=O) groups is 1. The van der Waals surface area contributed by atoms with Gasteiger partial charge in [-0.15, -0.1) is 0 Å². The number of hydrogen-bond acceptors (Lipinski definition) is 2. The number of carbonyl (C=O) groups excluding carboxylic acids is 1. The van der Waals surface area contributed by atoms with Gasteiger partial charge < -0.3 is 5.11 Å². The summed E-state index contributed by atoms with van der Waals surface area (Å²) < 4.78 is 34.9. The van der Waals surface area contributed by atoms with Crippen molar-refractivity contribution in [1.82, 2.24) is 0 Å². The quantitative estimate of drug-likeness (QED) is 0.521. The Bertz CT molecular complexity index is 225. The van der Waals surface area contributed by atoms with Crippen LogP contribution in [0.15, 0.2) is 11.8 Å². The van der Waals surface area contributed by atoms with Crippen molar-refractivity contribution in [1.29, 1.82) is 0 Å². The Balaban J connectivity index is 2.60. The number of rotatable bonds is 2. The number of aliphatic hydroxyl groups excluding tert-OH is 1. The van der Waals surface area contributed by atoms with Crippen LogP contribution in [0.4, 0.5) is 13.2 Å². The Morgan fingerprint density at radius 1 is 1.42 bits per heavy atom. The maximum absolute atomic E-state index is 11.6. The Morgan fingerprint density at radius 2 is 1.92 bits per heavy atom. The van der Waals surface area contributed by atoms with Gasteiger partial charge in [0.25, 0.3) is 0 Å². The normalized spacial score (nSPS) is 19.4. The van der Waals surface area contributed by atoms with E-state index in [1.165, 1.54) is 0 Å². The molecule has 1 aliphatic rings. The van der Waals surface area contributed by atoms with Crippen LogP contribution in [0.25, 0.3) is 0 Å². The molecule has 0 heterocycles. The predicted molar refractivity (Wildman–Crippen MR) is 34.5 cm³/mol. The van der Waals surface area contributed by atoms with Gasteiger partial charge in [-0.05, 0) is 12.8 Å². The molecule has 0 spiro atoms. The van der Waals surface area contributed by atoms with Crippen LogP contribution < -0.4 is 0 Å². The van der Waals surface area contributed by atoms with Gasteiger partial charge >= 0.3 is 6.18 Å². The Morgan fingerprint density at radius 3 is 2.25 bits per heavy atom. The lowest BCUT2D eigenvalue weighted by Gasteiger charge is -2.03. The molecule has 0 aromatic rings. The molecule has 1 aliphatic carbocycles. The van der Waals surface area contributed by atoms with Crippen molar-refractivity contribution >= 4 is 5.78 Å². The zero-order chi connectivity index (χ0) is 9.35. The number of ketones is 1. The van der Waals surface area contributed by atoms with Crippen molar-refractivity contribution in [3.05, 3.63) is 11.8 Å². The molecule has 1 rings (SSSR count). The second-order valence-electron chi connectivity index (χ2n) is 2.70. The topological polar surface area (TPSA) is 37.3 Å². The first kappa shape index (κ1) is 9.09. The van der Waals surface area contributed by atoms with E-state index in [0.29, 0.717) is 12.8 Å². The monoisotopic (exact) mass is 180 g/mol. The van der Waals surface area contributed by atoms with Crippen LogP contribution in [0.3, 0.4) is 0 Å². The molecule has 1 fully saturated rings. The largest absolute Gasteiger partial charge is 0.504 e. The average Bonchev–Trinajstić information content (AvgIpc) is 2.65. The summed E-state index contributed by atoms with van der Waals surface area (Å²) in [7, 11) is 0. The van der Waals surface area contributed by atoms with Crippen LogP contribution in [-0.2, 0) is 4.79 Å². The highest BCUT2D eigenvalue weighted by Crippen LogP contribution is 2.32. The molecule has 0 saturated heterocycles. The second kappa shape index (κ2) is 2.80. The number of hydrogen-bond donors (Lipinski definition) is 1. The predicted octanol–water partition coefficient (Wildman–Crippen LogP) is 1.97. The van der Waals surface area contributed by atoms with E-state index in [4.69, 9.17) is 5.11 Å². The molecule has 68 valence electrons. The first-order chi connectivity index (χ1) is 5.41. The fourth-order valence-electron chi connectivity index (χ4n) is 0.702. The van der Waals surface area contributed by atoms with Gasteiger partial charge in [0.1, 0.15) is 0 Å². The van der Waals surface area contributed by atoms with E-state index < -0.39 is 17.7 Å². The number of aliphatic hydroxyl groups is 1. The van der Waals surface area contributed by atoms with Crippen LogP contribution in [0.2, 0.25) is 0 Å². The van der Waals surface area contributed by atoms with E-state index >= 15 is 0 Å². The van der Waals surface area contributed by atoms with E-state index in [9.17, 15) is 18.0 Å². The van der Waals surface area contributed by atoms with Gasteiger partial charge in [0.05, 0.1) is 0 Å². The molecule has 0 aromatic heterocycles. The molecule has 0 bridgehead atoms. The maximum atomic E-state index is 11.6. The molecule has 1 saturated carbocycles. The summed E-state index contributed by atoms with van der Waals surface area (Å²) in [6, 6.07) is 0. The smallest absolute Gasteiger partial charge is 0.448 e. The van der Waals surface area contributed by atoms with E-state index in [0.717, 1.165) is 0 Å². The summed E-state index contributed by atoms with van der Waals surface area (Å²) >= 11 is 0. The van der Waals surface area contributed by atoms with Crippen molar-refractivity contribution in [2.75, 3.05) is 0 Å². The third-order valence-electron chi connectivity index (χ3n) is 1.55. The lowest BCUT2D eigenvalue weighted by atomic mass is 10.2. The van der Waals surface area contributed by atoms with Gasteiger partial charge in [0, 0.05) is 12.0 Å². The van der Waals surface area contributed by atoms with Gasteiger partial charge in [-0.25, -0.2) is 0 Å². The van der Waals surface area contributed by atoms with Crippen LogP contribution >= 0.6 is 0 Å². The van der Waals surface area contributed by atoms with Crippen molar-refractivity contribution in [2.45, 2.75) is 19.0 Å². The van der Waals surface area contributed by atoms with E-state index in [1.54, 1.807) is 0 Å². The summed E-state index contributed by atoms with van der Waals surface area (Å²) in [5.41, 5.74) is 0. The summed E-state index contributed by atoms with van der Waals surface area (Å²) in [5, 5.41) is 8.35. The lowest BCUT2D eigenvalue weighted by molar-refractivity contribution is -0.125. The van der Waals surface area contributed by atoms with Crippen LogP contribution in [0, 0.1) is 5.92 Å². The standard InChI is InChI=1S/C7H7F3O2/c8-7(9,10)6(12)3-5(11)4-1-2-4/h3-4,12H,1-2H2. The minimum atomic E-state index is -4.80. The zero-order valence-electron chi connectivity index (χ0n) is 6.06. The molecule has 0 amide bonds. The molecule has 12 heavy (non-hydrogen) atoms. The molecule has 0 aliphatic heterocycles. The third kappa shape index (κ3) is 2.25. The second-order valence-corrected chi connectivity index (χ2v) is 2.70. The van der Waals surface area contributed by atoms with Gasteiger partial charge in [0.2, 0.25) is 5.76 Å². The first-order valence-electron chi connectivity index (χ1n) is 3.43. The fourth-order valence-corrected chi connectivity index (χ4v) is 0.702. The summed E-state index contributed by atoms with van der Waals surface area (Å²) in [6.45, 7) is 0. The minimum absolute atomic E-state index is 0.262. The Labute approximate surface area is 66.7 Å². The SMILES string of the molecule is O=C(C=C(O)C(F)(F)F)C1CC1. The zero-order valence-corrected chi connectivity index (χ0v) is 6.06. The fraction of sp³-hybridized carbons (Fsp3) is 0.571. The molecule has 0 radical (unpaired) electrons. The Hall–Kier alpha value is -1.00. The summed E-state index contributed by atoms with van der Waals surface area (Å²) in [4.78, 5) is 10.7.